The molecule has 0 spiro atoms. The lowest BCUT2D eigenvalue weighted by molar-refractivity contribution is -0.133. The number of hydrogen-bond donors (Lipinski definition) is 3. The van der Waals surface area contributed by atoms with Crippen LogP contribution >= 0.6 is 0 Å². The maximum Gasteiger partial charge on any atom is 0.250 e. The second-order valence-corrected chi connectivity index (χ2v) is 8.08. The lowest BCUT2D eigenvalue weighted by Crippen LogP contribution is -2.50. The summed E-state index contributed by atoms with van der Waals surface area (Å²) in [7, 11) is -3.74. The molecule has 0 aliphatic rings. The highest BCUT2D eigenvalue weighted by molar-refractivity contribution is 7.88. The van der Waals surface area contributed by atoms with E-state index < -0.39 is 28.1 Å². The van der Waals surface area contributed by atoms with Crippen LogP contribution in [-0.4, -0.2) is 31.6 Å². The van der Waals surface area contributed by atoms with Gasteiger partial charge in [-0.2, -0.15) is 0 Å². The van der Waals surface area contributed by atoms with Crippen LogP contribution in [0.3, 0.4) is 0 Å². The molecular formula is C18H22N2O5S. The Bertz CT molecular complexity index is 859. The molecule has 0 fully saturated rings. The maximum absolute atomic E-state index is 12.1. The van der Waals surface area contributed by atoms with Gasteiger partial charge in [0, 0.05) is 6.54 Å². The van der Waals surface area contributed by atoms with E-state index in [0.717, 1.165) is 12.5 Å². The van der Waals surface area contributed by atoms with Crippen LogP contribution in [0, 0.1) is 6.92 Å². The third-order valence-corrected chi connectivity index (χ3v) is 5.00. The molecule has 0 aromatic heterocycles. The molecule has 0 saturated heterocycles. The molecule has 0 heterocycles. The van der Waals surface area contributed by atoms with Gasteiger partial charge in [0.25, 0.3) is 0 Å². The molecule has 1 atom stereocenters. The molecule has 1 unspecified atom stereocenters. The molecule has 0 radical (unpaired) electrons. The highest BCUT2D eigenvalue weighted by Crippen LogP contribution is 2.22. The minimum atomic E-state index is -3.74. The molecule has 2 aromatic rings. The van der Waals surface area contributed by atoms with Crippen molar-refractivity contribution in [1.29, 1.82) is 0 Å². The minimum absolute atomic E-state index is 0.299. The molecule has 26 heavy (non-hydrogen) atoms. The average Bonchev–Trinajstić information content (AvgIpc) is 2.57. The molecule has 4 N–H and O–H groups in total. The number of rotatable bonds is 8. The summed E-state index contributed by atoms with van der Waals surface area (Å²) in [6, 6.07) is 14.2. The van der Waals surface area contributed by atoms with Gasteiger partial charge in [0.05, 0.1) is 5.75 Å². The van der Waals surface area contributed by atoms with Crippen molar-refractivity contribution in [3.63, 3.8) is 0 Å². The van der Waals surface area contributed by atoms with Crippen LogP contribution in [0.2, 0.25) is 0 Å². The fraction of sp³-hybridized carbons (Fsp3) is 0.278. The molecule has 0 aliphatic carbocycles. The van der Waals surface area contributed by atoms with Gasteiger partial charge in [-0.1, -0.05) is 29.8 Å². The fourth-order valence-corrected chi connectivity index (χ4v) is 3.24. The number of hydrogen-bond acceptors (Lipinski definition) is 5. The maximum atomic E-state index is 12.1. The topological polar surface area (TPSA) is 119 Å². The Morgan fingerprint density at radius 1 is 1.12 bits per heavy atom. The van der Waals surface area contributed by atoms with E-state index in [9.17, 15) is 18.3 Å². The Morgan fingerprint density at radius 2 is 1.62 bits per heavy atom. The van der Waals surface area contributed by atoms with Gasteiger partial charge in [-0.3, -0.25) is 4.79 Å². The zero-order chi connectivity index (χ0) is 19.4. The first-order valence-corrected chi connectivity index (χ1v) is 9.56. The van der Waals surface area contributed by atoms with Crippen molar-refractivity contribution < 1.29 is 23.1 Å². The number of nitrogens with one attached hydrogen (secondary N) is 1. The van der Waals surface area contributed by atoms with Gasteiger partial charge in [0.2, 0.25) is 15.9 Å². The SMILES string of the molecule is Cc1ccc(Oc2ccc(CS(=O)(=O)NCC(C)(O)C(N)=O)cc2)cc1. The highest BCUT2D eigenvalue weighted by atomic mass is 32.2. The van der Waals surface area contributed by atoms with E-state index in [4.69, 9.17) is 10.5 Å². The van der Waals surface area contributed by atoms with Gasteiger partial charge in [-0.25, -0.2) is 13.1 Å². The molecule has 8 heteroatoms. The predicted molar refractivity (Wildman–Crippen MR) is 98.1 cm³/mol. The van der Waals surface area contributed by atoms with E-state index in [-0.39, 0.29) is 5.75 Å². The molecule has 7 nitrogen and oxygen atoms in total. The van der Waals surface area contributed by atoms with Gasteiger partial charge in [-0.05, 0) is 43.7 Å². The van der Waals surface area contributed by atoms with E-state index in [1.807, 2.05) is 31.2 Å². The van der Waals surface area contributed by atoms with E-state index in [2.05, 4.69) is 4.72 Å². The molecule has 0 aliphatic heterocycles. The summed E-state index contributed by atoms with van der Waals surface area (Å²) in [5.41, 5.74) is 4.72. The number of benzene rings is 2. The van der Waals surface area contributed by atoms with Crippen molar-refractivity contribution in [1.82, 2.24) is 4.72 Å². The molecule has 2 rings (SSSR count). The molecule has 0 bridgehead atoms. The summed E-state index contributed by atoms with van der Waals surface area (Å²) in [6.07, 6.45) is 0. The summed E-state index contributed by atoms with van der Waals surface area (Å²) < 4.78 is 32.0. The van der Waals surface area contributed by atoms with E-state index in [1.54, 1.807) is 24.3 Å². The largest absolute Gasteiger partial charge is 0.457 e. The first-order valence-electron chi connectivity index (χ1n) is 7.90. The van der Waals surface area contributed by atoms with Crippen LogP contribution in [0.5, 0.6) is 11.5 Å². The van der Waals surface area contributed by atoms with Gasteiger partial charge in [0.15, 0.2) is 5.60 Å². The van der Waals surface area contributed by atoms with Crippen molar-refractivity contribution in [3.8, 4) is 11.5 Å². The molecule has 0 saturated carbocycles. The number of nitrogens with two attached hydrogens (primary N) is 1. The van der Waals surface area contributed by atoms with Crippen molar-refractivity contribution >= 4 is 15.9 Å². The smallest absolute Gasteiger partial charge is 0.250 e. The van der Waals surface area contributed by atoms with Crippen molar-refractivity contribution in [3.05, 3.63) is 59.7 Å². The zero-order valence-corrected chi connectivity index (χ0v) is 15.4. The number of aryl methyl sites for hydroxylation is 1. The first kappa shape index (κ1) is 19.9. The molecular weight excluding hydrogens is 356 g/mol. The predicted octanol–water partition coefficient (Wildman–Crippen LogP) is 1.44. The van der Waals surface area contributed by atoms with Crippen LogP contribution in [-0.2, 0) is 20.6 Å². The minimum Gasteiger partial charge on any atom is -0.457 e. The van der Waals surface area contributed by atoms with Gasteiger partial charge < -0.3 is 15.6 Å². The normalized spacial score (nSPS) is 13.8. The second-order valence-electron chi connectivity index (χ2n) is 6.28. The molecule has 1 amide bonds. The third-order valence-electron chi connectivity index (χ3n) is 3.70. The summed E-state index contributed by atoms with van der Waals surface area (Å²) in [5, 5.41) is 9.70. The number of sulfonamides is 1. The van der Waals surface area contributed by atoms with Crippen molar-refractivity contribution in [2.75, 3.05) is 6.54 Å². The number of carbonyl (C=O) groups excluding carboxylic acids is 1. The van der Waals surface area contributed by atoms with E-state index in [0.29, 0.717) is 17.1 Å². The summed E-state index contributed by atoms with van der Waals surface area (Å²) in [5.74, 6) is -0.0316. The van der Waals surface area contributed by atoms with E-state index >= 15 is 0 Å². The number of amides is 1. The highest BCUT2D eigenvalue weighted by Gasteiger charge is 2.29. The van der Waals surface area contributed by atoms with Crippen molar-refractivity contribution in [2.24, 2.45) is 5.73 Å². The van der Waals surface area contributed by atoms with Crippen LogP contribution < -0.4 is 15.2 Å². The summed E-state index contributed by atoms with van der Waals surface area (Å²) in [4.78, 5) is 11.0. The average molecular weight is 378 g/mol. The summed E-state index contributed by atoms with van der Waals surface area (Å²) in [6.45, 7) is 2.64. The first-order chi connectivity index (χ1) is 12.1. The number of ether oxygens (including phenoxy) is 1. The number of carbonyl (C=O) groups is 1. The Hall–Kier alpha value is -2.42. The van der Waals surface area contributed by atoms with Crippen LogP contribution in [0.1, 0.15) is 18.1 Å². The van der Waals surface area contributed by atoms with Crippen LogP contribution in [0.15, 0.2) is 48.5 Å². The van der Waals surface area contributed by atoms with Gasteiger partial charge >= 0.3 is 0 Å². The fourth-order valence-electron chi connectivity index (χ4n) is 2.00. The Morgan fingerprint density at radius 3 is 2.12 bits per heavy atom. The van der Waals surface area contributed by atoms with Crippen molar-refractivity contribution in [2.45, 2.75) is 25.2 Å². The Balaban J connectivity index is 1.97. The van der Waals surface area contributed by atoms with Gasteiger partial charge in [-0.15, -0.1) is 0 Å². The monoisotopic (exact) mass is 378 g/mol. The lowest BCUT2D eigenvalue weighted by atomic mass is 10.1. The quantitative estimate of drug-likeness (QED) is 0.642. The second kappa shape index (κ2) is 7.86. The standard InChI is InChI=1S/C18H22N2O5S/c1-13-3-7-15(8-4-13)25-16-9-5-14(6-10-16)11-26(23,24)20-12-18(2,22)17(19)21/h3-10,20,22H,11-12H2,1-2H3,(H2,19,21). The Kier molecular flexibility index (Phi) is 6.01. The summed E-state index contributed by atoms with van der Waals surface area (Å²) >= 11 is 0. The van der Waals surface area contributed by atoms with Gasteiger partial charge in [0.1, 0.15) is 11.5 Å². The molecule has 2 aromatic carbocycles. The van der Waals surface area contributed by atoms with Crippen LogP contribution in [0.25, 0.3) is 0 Å². The zero-order valence-electron chi connectivity index (χ0n) is 14.6. The van der Waals surface area contributed by atoms with Crippen LogP contribution in [0.4, 0.5) is 0 Å². The Labute approximate surface area is 152 Å². The van der Waals surface area contributed by atoms with E-state index in [1.165, 1.54) is 0 Å². The molecule has 140 valence electrons. The third kappa shape index (κ3) is 5.83. The number of aliphatic hydroxyl groups is 1. The number of primary amides is 1. The lowest BCUT2D eigenvalue weighted by Gasteiger charge is -2.19.